The third-order valence-electron chi connectivity index (χ3n) is 1.39. The maximum absolute atomic E-state index is 5.44. The van der Waals surface area contributed by atoms with Crippen molar-refractivity contribution >= 4 is 17.2 Å². The lowest BCUT2D eigenvalue weighted by Gasteiger charge is -2.01. The normalized spacial score (nSPS) is 9.75. The fourth-order valence-corrected chi connectivity index (χ4v) is 0.985. The van der Waals surface area contributed by atoms with Crippen molar-refractivity contribution in [1.82, 2.24) is 4.98 Å². The monoisotopic (exact) mass is 182 g/mol. The summed E-state index contributed by atoms with van der Waals surface area (Å²) in [6, 6.07) is 3.60. The molecular weight excluding hydrogens is 172 g/mol. The summed E-state index contributed by atoms with van der Waals surface area (Å²) in [5, 5.41) is 0. The van der Waals surface area contributed by atoms with Crippen molar-refractivity contribution in [2.24, 2.45) is 5.73 Å². The summed E-state index contributed by atoms with van der Waals surface area (Å²) in [4.78, 5) is 4.46. The van der Waals surface area contributed by atoms with Crippen molar-refractivity contribution in [2.45, 2.75) is 6.61 Å². The van der Waals surface area contributed by atoms with Crippen LogP contribution in [0.2, 0.25) is 0 Å². The Bertz CT molecular complexity index is 288. The van der Waals surface area contributed by atoms with E-state index in [1.54, 1.807) is 19.4 Å². The van der Waals surface area contributed by atoms with Gasteiger partial charge in [0.2, 0.25) is 0 Å². The average molecular weight is 182 g/mol. The number of nitrogens with two attached hydrogens (primary N) is 1. The molecule has 2 N–H and O–H groups in total. The number of thiocarbonyl (C=S) groups is 1. The minimum atomic E-state index is 0.384. The highest BCUT2D eigenvalue weighted by Crippen LogP contribution is 2.02. The third-order valence-corrected chi connectivity index (χ3v) is 1.63. The number of rotatable bonds is 3. The Morgan fingerprint density at radius 3 is 3.08 bits per heavy atom. The van der Waals surface area contributed by atoms with Gasteiger partial charge in [-0.15, -0.1) is 0 Å². The van der Waals surface area contributed by atoms with E-state index >= 15 is 0 Å². The highest BCUT2D eigenvalue weighted by molar-refractivity contribution is 7.80. The van der Waals surface area contributed by atoms with Gasteiger partial charge in [-0.25, -0.2) is 0 Å². The van der Waals surface area contributed by atoms with Gasteiger partial charge in [0.15, 0.2) is 0 Å². The standard InChI is InChI=1S/C8H10N2OS/c1-11-5-7-4-6(8(9)12)2-3-10-7/h2-4H,5H2,1H3,(H2,9,12). The molecule has 0 saturated carbocycles. The molecule has 0 aliphatic rings. The van der Waals surface area contributed by atoms with Crippen LogP contribution in [0, 0.1) is 0 Å². The van der Waals surface area contributed by atoms with E-state index in [0.29, 0.717) is 11.6 Å². The van der Waals surface area contributed by atoms with Gasteiger partial charge in [0, 0.05) is 18.9 Å². The van der Waals surface area contributed by atoms with E-state index in [1.807, 2.05) is 6.07 Å². The molecule has 0 aliphatic carbocycles. The minimum Gasteiger partial charge on any atom is -0.389 e. The van der Waals surface area contributed by atoms with Crippen LogP contribution in [0.15, 0.2) is 18.3 Å². The van der Waals surface area contributed by atoms with Crippen LogP contribution in [0.4, 0.5) is 0 Å². The van der Waals surface area contributed by atoms with Crippen LogP contribution < -0.4 is 5.73 Å². The summed E-state index contributed by atoms with van der Waals surface area (Å²) in [6.45, 7) is 0.483. The topological polar surface area (TPSA) is 48.1 Å². The number of hydrogen-bond donors (Lipinski definition) is 1. The van der Waals surface area contributed by atoms with Crippen LogP contribution in [0.3, 0.4) is 0 Å². The summed E-state index contributed by atoms with van der Waals surface area (Å²) in [5.41, 5.74) is 7.10. The number of ether oxygens (including phenoxy) is 1. The summed E-state index contributed by atoms with van der Waals surface area (Å²) in [7, 11) is 1.62. The van der Waals surface area contributed by atoms with Crippen LogP contribution in [0.1, 0.15) is 11.3 Å². The zero-order chi connectivity index (χ0) is 8.97. The number of pyridine rings is 1. The van der Waals surface area contributed by atoms with Gasteiger partial charge >= 0.3 is 0 Å². The van der Waals surface area contributed by atoms with Crippen LogP contribution in [0.25, 0.3) is 0 Å². The van der Waals surface area contributed by atoms with Gasteiger partial charge in [-0.05, 0) is 12.1 Å². The predicted octanol–water partition coefficient (Wildman–Crippen LogP) is 0.862. The number of hydrogen-bond acceptors (Lipinski definition) is 3. The SMILES string of the molecule is COCc1cc(C(N)=S)ccn1. The van der Waals surface area contributed by atoms with E-state index < -0.39 is 0 Å². The molecule has 1 aromatic heterocycles. The zero-order valence-corrected chi connectivity index (χ0v) is 7.60. The van der Waals surface area contributed by atoms with Gasteiger partial charge in [-0.1, -0.05) is 12.2 Å². The number of methoxy groups -OCH3 is 1. The second-order valence-corrected chi connectivity index (χ2v) is 2.77. The van der Waals surface area contributed by atoms with E-state index in [0.717, 1.165) is 11.3 Å². The Balaban J connectivity index is 2.88. The zero-order valence-electron chi connectivity index (χ0n) is 6.78. The summed E-state index contributed by atoms with van der Waals surface area (Å²) >= 11 is 4.81. The highest BCUT2D eigenvalue weighted by atomic mass is 32.1. The van der Waals surface area contributed by atoms with Crippen LogP contribution in [0.5, 0.6) is 0 Å². The van der Waals surface area contributed by atoms with Crippen molar-refractivity contribution in [3.05, 3.63) is 29.6 Å². The van der Waals surface area contributed by atoms with Crippen LogP contribution in [-0.2, 0) is 11.3 Å². The van der Waals surface area contributed by atoms with Crippen molar-refractivity contribution in [3.63, 3.8) is 0 Å². The highest BCUT2D eigenvalue weighted by Gasteiger charge is 1.98. The van der Waals surface area contributed by atoms with Crippen molar-refractivity contribution < 1.29 is 4.74 Å². The molecular formula is C8H10N2OS. The Morgan fingerprint density at radius 2 is 2.50 bits per heavy atom. The Kier molecular flexibility index (Phi) is 3.13. The number of nitrogens with zero attached hydrogens (tertiary/aromatic N) is 1. The Morgan fingerprint density at radius 1 is 1.75 bits per heavy atom. The van der Waals surface area contributed by atoms with Gasteiger partial charge in [-0.2, -0.15) is 0 Å². The molecule has 1 heterocycles. The molecule has 0 saturated heterocycles. The van der Waals surface area contributed by atoms with E-state index in [4.69, 9.17) is 22.7 Å². The first kappa shape index (κ1) is 9.09. The first-order valence-corrected chi connectivity index (χ1v) is 3.88. The van der Waals surface area contributed by atoms with Crippen LogP contribution >= 0.6 is 12.2 Å². The molecule has 0 amide bonds. The maximum atomic E-state index is 5.44. The molecule has 0 spiro atoms. The lowest BCUT2D eigenvalue weighted by molar-refractivity contribution is 0.181. The Hall–Kier alpha value is -1.00. The van der Waals surface area contributed by atoms with E-state index in [1.165, 1.54) is 0 Å². The molecule has 0 atom stereocenters. The van der Waals surface area contributed by atoms with Gasteiger partial charge in [0.25, 0.3) is 0 Å². The second-order valence-electron chi connectivity index (χ2n) is 2.33. The van der Waals surface area contributed by atoms with Gasteiger partial charge in [0.05, 0.1) is 12.3 Å². The van der Waals surface area contributed by atoms with E-state index in [2.05, 4.69) is 4.98 Å². The molecule has 4 heteroatoms. The molecule has 12 heavy (non-hydrogen) atoms. The van der Waals surface area contributed by atoms with Crippen molar-refractivity contribution in [2.75, 3.05) is 7.11 Å². The van der Waals surface area contributed by atoms with Gasteiger partial charge in [-0.3, -0.25) is 4.98 Å². The first-order chi connectivity index (χ1) is 5.74. The predicted molar refractivity (Wildman–Crippen MR) is 50.8 cm³/mol. The molecule has 0 radical (unpaired) electrons. The van der Waals surface area contributed by atoms with E-state index in [9.17, 15) is 0 Å². The smallest absolute Gasteiger partial charge is 0.104 e. The third kappa shape index (κ3) is 2.25. The van der Waals surface area contributed by atoms with Crippen LogP contribution in [-0.4, -0.2) is 17.1 Å². The fraction of sp³-hybridized carbons (Fsp3) is 0.250. The summed E-state index contributed by atoms with van der Waals surface area (Å²) in [5.74, 6) is 0. The summed E-state index contributed by atoms with van der Waals surface area (Å²) in [6.07, 6.45) is 1.67. The molecule has 1 rings (SSSR count). The lowest BCUT2D eigenvalue weighted by atomic mass is 10.2. The minimum absolute atomic E-state index is 0.384. The second kappa shape index (κ2) is 4.13. The maximum Gasteiger partial charge on any atom is 0.104 e. The molecule has 64 valence electrons. The molecule has 0 unspecified atom stereocenters. The molecule has 3 nitrogen and oxygen atoms in total. The lowest BCUT2D eigenvalue weighted by Crippen LogP contribution is -2.10. The molecule has 0 fully saturated rings. The van der Waals surface area contributed by atoms with Gasteiger partial charge < -0.3 is 10.5 Å². The largest absolute Gasteiger partial charge is 0.389 e. The molecule has 0 aliphatic heterocycles. The Labute approximate surface area is 76.6 Å². The van der Waals surface area contributed by atoms with E-state index in [-0.39, 0.29) is 0 Å². The summed E-state index contributed by atoms with van der Waals surface area (Å²) < 4.78 is 4.92. The molecule has 0 bridgehead atoms. The quantitative estimate of drug-likeness (QED) is 0.704. The number of aromatic nitrogens is 1. The fourth-order valence-electron chi connectivity index (χ4n) is 0.858. The molecule has 1 aromatic rings. The first-order valence-electron chi connectivity index (χ1n) is 3.47. The molecule has 0 aromatic carbocycles. The van der Waals surface area contributed by atoms with Gasteiger partial charge in [0.1, 0.15) is 4.99 Å². The average Bonchev–Trinajstić information content (AvgIpc) is 2.05. The van der Waals surface area contributed by atoms with Crippen molar-refractivity contribution in [3.8, 4) is 0 Å². The van der Waals surface area contributed by atoms with Crippen molar-refractivity contribution in [1.29, 1.82) is 0 Å².